The Hall–Kier alpha value is -1.07. The van der Waals surface area contributed by atoms with Gasteiger partial charge in [-0.15, -0.1) is 0 Å². The number of anilines is 1. The topological polar surface area (TPSA) is 61.4 Å². The van der Waals surface area contributed by atoms with Crippen molar-refractivity contribution in [2.24, 2.45) is 0 Å². The standard InChI is InChI=1S/C11H15BrN2O2/c1-8(15)11(16)14-6-5-13-10-4-2-3-9(12)7-10/h2-4,7-8,13,15H,5-6H2,1H3,(H,14,16)/t8-/m1/s1. The zero-order valence-electron chi connectivity index (χ0n) is 9.03. The number of aliphatic hydroxyl groups is 1. The van der Waals surface area contributed by atoms with Gasteiger partial charge in [0.1, 0.15) is 6.10 Å². The molecule has 0 spiro atoms. The number of amides is 1. The van der Waals surface area contributed by atoms with Crippen LogP contribution in [0.15, 0.2) is 28.7 Å². The van der Waals surface area contributed by atoms with E-state index in [9.17, 15) is 4.79 Å². The molecule has 0 unspecified atom stereocenters. The van der Waals surface area contributed by atoms with Gasteiger partial charge in [-0.25, -0.2) is 0 Å². The van der Waals surface area contributed by atoms with Crippen LogP contribution in [-0.2, 0) is 4.79 Å². The Labute approximate surface area is 103 Å². The molecular formula is C11H15BrN2O2. The second-order valence-corrected chi connectivity index (χ2v) is 4.32. The summed E-state index contributed by atoms with van der Waals surface area (Å²) in [5, 5.41) is 14.7. The van der Waals surface area contributed by atoms with Crippen molar-refractivity contribution in [3.8, 4) is 0 Å². The van der Waals surface area contributed by atoms with Gasteiger partial charge in [-0.1, -0.05) is 22.0 Å². The van der Waals surface area contributed by atoms with Gasteiger partial charge < -0.3 is 15.7 Å². The first-order valence-corrected chi connectivity index (χ1v) is 5.84. The first-order chi connectivity index (χ1) is 7.59. The number of hydrogen-bond acceptors (Lipinski definition) is 3. The minimum atomic E-state index is -0.953. The fraction of sp³-hybridized carbons (Fsp3) is 0.364. The molecule has 1 aromatic carbocycles. The van der Waals surface area contributed by atoms with Crippen molar-refractivity contribution in [3.63, 3.8) is 0 Å². The van der Waals surface area contributed by atoms with Gasteiger partial charge in [-0.2, -0.15) is 0 Å². The Morgan fingerprint density at radius 1 is 1.50 bits per heavy atom. The molecule has 1 atom stereocenters. The summed E-state index contributed by atoms with van der Waals surface area (Å²) in [5.74, 6) is -0.351. The van der Waals surface area contributed by atoms with E-state index in [2.05, 4.69) is 26.6 Å². The molecule has 0 fully saturated rings. The predicted octanol–water partition coefficient (Wildman–Crippen LogP) is 1.36. The van der Waals surface area contributed by atoms with E-state index in [1.54, 1.807) is 0 Å². The van der Waals surface area contributed by atoms with E-state index < -0.39 is 6.10 Å². The van der Waals surface area contributed by atoms with Gasteiger partial charge in [0.05, 0.1) is 0 Å². The molecule has 4 nitrogen and oxygen atoms in total. The quantitative estimate of drug-likeness (QED) is 0.717. The number of nitrogens with one attached hydrogen (secondary N) is 2. The second kappa shape index (κ2) is 6.50. The molecule has 0 aliphatic rings. The Morgan fingerprint density at radius 2 is 2.25 bits per heavy atom. The largest absolute Gasteiger partial charge is 0.384 e. The van der Waals surface area contributed by atoms with E-state index in [0.717, 1.165) is 10.2 Å². The van der Waals surface area contributed by atoms with Crippen LogP contribution in [0.4, 0.5) is 5.69 Å². The van der Waals surface area contributed by atoms with Crippen molar-refractivity contribution in [2.45, 2.75) is 13.0 Å². The highest BCUT2D eigenvalue weighted by Gasteiger charge is 2.06. The number of carbonyl (C=O) groups is 1. The van der Waals surface area contributed by atoms with E-state index in [1.807, 2.05) is 24.3 Å². The Kier molecular flexibility index (Phi) is 5.28. The minimum absolute atomic E-state index is 0.351. The molecule has 1 aromatic rings. The average Bonchev–Trinajstić information content (AvgIpc) is 2.24. The molecule has 0 bridgehead atoms. The van der Waals surface area contributed by atoms with Crippen LogP contribution in [0, 0.1) is 0 Å². The number of benzene rings is 1. The Bertz CT molecular complexity index is 356. The van der Waals surface area contributed by atoms with Gasteiger partial charge in [-0.3, -0.25) is 4.79 Å². The van der Waals surface area contributed by atoms with Crippen LogP contribution in [0.25, 0.3) is 0 Å². The summed E-state index contributed by atoms with van der Waals surface area (Å²) >= 11 is 3.37. The van der Waals surface area contributed by atoms with E-state index in [1.165, 1.54) is 6.92 Å². The maximum absolute atomic E-state index is 11.0. The molecule has 0 aliphatic carbocycles. The number of aliphatic hydroxyl groups excluding tert-OH is 1. The third-order valence-electron chi connectivity index (χ3n) is 1.96. The average molecular weight is 287 g/mol. The van der Waals surface area contributed by atoms with Crippen LogP contribution in [0.2, 0.25) is 0 Å². The van der Waals surface area contributed by atoms with Gasteiger partial charge in [-0.05, 0) is 25.1 Å². The molecule has 1 amide bonds. The SMILES string of the molecule is C[C@@H](O)C(=O)NCCNc1cccc(Br)c1. The van der Waals surface area contributed by atoms with E-state index in [-0.39, 0.29) is 5.91 Å². The normalized spacial score (nSPS) is 11.9. The van der Waals surface area contributed by atoms with Crippen LogP contribution in [0.1, 0.15) is 6.92 Å². The zero-order valence-corrected chi connectivity index (χ0v) is 10.6. The van der Waals surface area contributed by atoms with Crippen LogP contribution < -0.4 is 10.6 Å². The Balaban J connectivity index is 2.23. The maximum Gasteiger partial charge on any atom is 0.248 e. The fourth-order valence-electron chi connectivity index (χ4n) is 1.14. The highest BCUT2D eigenvalue weighted by Crippen LogP contribution is 2.14. The third-order valence-corrected chi connectivity index (χ3v) is 2.45. The third kappa shape index (κ3) is 4.63. The summed E-state index contributed by atoms with van der Waals surface area (Å²) < 4.78 is 1.01. The second-order valence-electron chi connectivity index (χ2n) is 3.40. The molecule has 16 heavy (non-hydrogen) atoms. The minimum Gasteiger partial charge on any atom is -0.384 e. The lowest BCUT2D eigenvalue weighted by molar-refractivity contribution is -0.128. The van der Waals surface area contributed by atoms with Gasteiger partial charge in [0, 0.05) is 23.2 Å². The van der Waals surface area contributed by atoms with Gasteiger partial charge >= 0.3 is 0 Å². The molecule has 3 N–H and O–H groups in total. The van der Waals surface area contributed by atoms with Crippen molar-refractivity contribution in [3.05, 3.63) is 28.7 Å². The van der Waals surface area contributed by atoms with E-state index >= 15 is 0 Å². The zero-order chi connectivity index (χ0) is 12.0. The van der Waals surface area contributed by atoms with Gasteiger partial charge in [0.15, 0.2) is 0 Å². The molecular weight excluding hydrogens is 272 g/mol. The highest BCUT2D eigenvalue weighted by molar-refractivity contribution is 9.10. The molecule has 0 aromatic heterocycles. The molecule has 5 heteroatoms. The molecule has 0 saturated carbocycles. The van der Waals surface area contributed by atoms with E-state index in [4.69, 9.17) is 5.11 Å². The van der Waals surface area contributed by atoms with Crippen molar-refractivity contribution in [1.29, 1.82) is 0 Å². The van der Waals surface area contributed by atoms with Crippen molar-refractivity contribution < 1.29 is 9.90 Å². The summed E-state index contributed by atoms with van der Waals surface area (Å²) in [6.45, 7) is 2.54. The lowest BCUT2D eigenvalue weighted by atomic mass is 10.3. The fourth-order valence-corrected chi connectivity index (χ4v) is 1.54. The van der Waals surface area contributed by atoms with Crippen LogP contribution in [0.5, 0.6) is 0 Å². The molecule has 1 rings (SSSR count). The maximum atomic E-state index is 11.0. The highest BCUT2D eigenvalue weighted by atomic mass is 79.9. The molecule has 0 aliphatic heterocycles. The van der Waals surface area contributed by atoms with Gasteiger partial charge in [0.25, 0.3) is 0 Å². The first-order valence-electron chi connectivity index (χ1n) is 5.05. The Morgan fingerprint density at radius 3 is 2.88 bits per heavy atom. The predicted molar refractivity (Wildman–Crippen MR) is 67.3 cm³/mol. The van der Waals surface area contributed by atoms with E-state index in [0.29, 0.717) is 13.1 Å². The summed E-state index contributed by atoms with van der Waals surface area (Å²) in [7, 11) is 0. The van der Waals surface area contributed by atoms with Crippen molar-refractivity contribution >= 4 is 27.5 Å². The summed E-state index contributed by atoms with van der Waals surface area (Å²) in [5.41, 5.74) is 0.987. The summed E-state index contributed by atoms with van der Waals surface area (Å²) in [4.78, 5) is 11.0. The summed E-state index contributed by atoms with van der Waals surface area (Å²) in [6, 6.07) is 7.78. The molecule has 88 valence electrons. The smallest absolute Gasteiger partial charge is 0.248 e. The molecule has 0 saturated heterocycles. The molecule has 0 heterocycles. The monoisotopic (exact) mass is 286 g/mol. The lowest BCUT2D eigenvalue weighted by Gasteiger charge is -2.09. The first kappa shape index (κ1) is 13.0. The van der Waals surface area contributed by atoms with Gasteiger partial charge in [0.2, 0.25) is 5.91 Å². The van der Waals surface area contributed by atoms with Crippen molar-refractivity contribution in [1.82, 2.24) is 5.32 Å². The number of carbonyl (C=O) groups excluding carboxylic acids is 1. The van der Waals surface area contributed by atoms with Crippen LogP contribution in [0.3, 0.4) is 0 Å². The number of hydrogen-bond donors (Lipinski definition) is 3. The number of rotatable bonds is 5. The molecule has 0 radical (unpaired) electrons. The lowest BCUT2D eigenvalue weighted by Crippen LogP contribution is -2.35. The van der Waals surface area contributed by atoms with Crippen LogP contribution >= 0.6 is 15.9 Å². The summed E-state index contributed by atoms with van der Waals surface area (Å²) in [6.07, 6.45) is -0.953. The number of halogens is 1. The van der Waals surface area contributed by atoms with Crippen LogP contribution in [-0.4, -0.2) is 30.2 Å². The van der Waals surface area contributed by atoms with Crippen molar-refractivity contribution in [2.75, 3.05) is 18.4 Å².